The summed E-state index contributed by atoms with van der Waals surface area (Å²) in [6.07, 6.45) is 0. The van der Waals surface area contributed by atoms with Crippen molar-refractivity contribution in [1.29, 1.82) is 0 Å². The van der Waals surface area contributed by atoms with Gasteiger partial charge in [0.25, 0.3) is 0 Å². The van der Waals surface area contributed by atoms with Crippen molar-refractivity contribution in [2.45, 2.75) is 13.5 Å². The molecule has 2 N–H and O–H groups in total. The Morgan fingerprint density at radius 2 is 2.10 bits per heavy atom. The highest BCUT2D eigenvalue weighted by atomic mass is 19.1. The number of hydrogen-bond acceptors (Lipinski definition) is 4. The molecule has 1 aliphatic heterocycles. The quantitative estimate of drug-likeness (QED) is 0.889. The van der Waals surface area contributed by atoms with Crippen LogP contribution in [0.2, 0.25) is 0 Å². The maximum atomic E-state index is 13.4. The lowest BCUT2D eigenvalue weighted by atomic mass is 10.0. The standard InChI is InChI=1S/C15H11FN2O3/c1-7-14-9(15(20)21)5-11(18-12(14)6-17-7)8-2-3-13(19)10(16)4-8/h2-5,19H,6H2,1H3,(H,20,21). The first-order valence-electron chi connectivity index (χ1n) is 6.25. The molecule has 0 fully saturated rings. The second-order valence-corrected chi connectivity index (χ2v) is 4.75. The zero-order valence-corrected chi connectivity index (χ0v) is 11.1. The molecule has 6 heteroatoms. The maximum absolute atomic E-state index is 13.4. The number of aromatic hydroxyl groups is 1. The molecule has 1 aromatic heterocycles. The van der Waals surface area contributed by atoms with Crippen molar-refractivity contribution in [3.63, 3.8) is 0 Å². The molecule has 1 aliphatic rings. The zero-order valence-electron chi connectivity index (χ0n) is 11.1. The summed E-state index contributed by atoms with van der Waals surface area (Å²) in [5, 5.41) is 18.6. The summed E-state index contributed by atoms with van der Waals surface area (Å²) in [4.78, 5) is 20.0. The van der Waals surface area contributed by atoms with E-state index in [9.17, 15) is 19.4 Å². The summed E-state index contributed by atoms with van der Waals surface area (Å²) in [6, 6.07) is 5.22. The molecule has 0 amide bonds. The van der Waals surface area contributed by atoms with Crippen LogP contribution in [0, 0.1) is 5.82 Å². The van der Waals surface area contributed by atoms with E-state index in [0.717, 1.165) is 6.07 Å². The van der Waals surface area contributed by atoms with E-state index in [1.165, 1.54) is 18.2 Å². The van der Waals surface area contributed by atoms with E-state index in [1.54, 1.807) is 6.92 Å². The van der Waals surface area contributed by atoms with E-state index >= 15 is 0 Å². The fourth-order valence-corrected chi connectivity index (χ4v) is 2.37. The highest BCUT2D eigenvalue weighted by Crippen LogP contribution is 2.29. The van der Waals surface area contributed by atoms with Gasteiger partial charge in [-0.3, -0.25) is 9.98 Å². The summed E-state index contributed by atoms with van der Waals surface area (Å²) in [5.41, 5.74) is 2.58. The largest absolute Gasteiger partial charge is 0.505 e. The van der Waals surface area contributed by atoms with Crippen molar-refractivity contribution in [2.75, 3.05) is 0 Å². The molecule has 0 atom stereocenters. The Morgan fingerprint density at radius 1 is 1.33 bits per heavy atom. The minimum absolute atomic E-state index is 0.0993. The van der Waals surface area contributed by atoms with Crippen LogP contribution in [0.3, 0.4) is 0 Å². The fraction of sp³-hybridized carbons (Fsp3) is 0.133. The number of halogens is 1. The molecule has 0 saturated heterocycles. The minimum Gasteiger partial charge on any atom is -0.505 e. The van der Waals surface area contributed by atoms with Crippen LogP contribution in [0.1, 0.15) is 28.5 Å². The number of fused-ring (bicyclic) bond motifs is 1. The van der Waals surface area contributed by atoms with Crippen LogP contribution in [-0.4, -0.2) is 26.9 Å². The number of carboxylic acid groups (broad SMARTS) is 1. The number of aromatic carboxylic acids is 1. The Morgan fingerprint density at radius 3 is 2.76 bits per heavy atom. The Bertz CT molecular complexity index is 800. The molecule has 0 saturated carbocycles. The van der Waals surface area contributed by atoms with Gasteiger partial charge in [-0.05, 0) is 31.2 Å². The Hall–Kier alpha value is -2.76. The Kier molecular flexibility index (Phi) is 2.94. The van der Waals surface area contributed by atoms with Crippen molar-refractivity contribution < 1.29 is 19.4 Å². The fourth-order valence-electron chi connectivity index (χ4n) is 2.37. The van der Waals surface area contributed by atoms with Crippen LogP contribution in [0.15, 0.2) is 29.3 Å². The molecular weight excluding hydrogens is 275 g/mol. The minimum atomic E-state index is -1.08. The van der Waals surface area contributed by atoms with Gasteiger partial charge in [-0.2, -0.15) is 0 Å². The predicted molar refractivity (Wildman–Crippen MR) is 74.2 cm³/mol. The van der Waals surface area contributed by atoms with Gasteiger partial charge < -0.3 is 10.2 Å². The van der Waals surface area contributed by atoms with Gasteiger partial charge in [0.15, 0.2) is 11.6 Å². The van der Waals surface area contributed by atoms with E-state index in [-0.39, 0.29) is 5.56 Å². The van der Waals surface area contributed by atoms with E-state index in [4.69, 9.17) is 0 Å². The average Bonchev–Trinajstić information content (AvgIpc) is 2.82. The third kappa shape index (κ3) is 2.14. The molecule has 1 aromatic carbocycles. The van der Waals surface area contributed by atoms with Gasteiger partial charge in [-0.1, -0.05) is 0 Å². The predicted octanol–water partition coefficient (Wildman–Crippen LogP) is 2.61. The van der Waals surface area contributed by atoms with E-state index in [1.807, 2.05) is 0 Å². The van der Waals surface area contributed by atoms with Crippen molar-refractivity contribution in [3.05, 3.63) is 46.9 Å². The van der Waals surface area contributed by atoms with Gasteiger partial charge >= 0.3 is 5.97 Å². The monoisotopic (exact) mass is 286 g/mol. The lowest BCUT2D eigenvalue weighted by Gasteiger charge is -2.09. The van der Waals surface area contributed by atoms with Gasteiger partial charge in [-0.25, -0.2) is 9.18 Å². The molecule has 0 bridgehead atoms. The number of phenolic OH excluding ortho intramolecular Hbond substituents is 1. The molecular formula is C15H11FN2O3. The molecule has 2 heterocycles. The number of rotatable bonds is 2. The van der Waals surface area contributed by atoms with Gasteiger partial charge in [0.1, 0.15) is 0 Å². The Balaban J connectivity index is 2.20. The van der Waals surface area contributed by atoms with Crippen LogP contribution < -0.4 is 0 Å². The van der Waals surface area contributed by atoms with Crippen molar-refractivity contribution in [3.8, 4) is 17.0 Å². The third-order valence-corrected chi connectivity index (χ3v) is 3.40. The number of pyridine rings is 1. The average molecular weight is 286 g/mol. The van der Waals surface area contributed by atoms with Crippen LogP contribution in [0.25, 0.3) is 11.3 Å². The lowest BCUT2D eigenvalue weighted by Crippen LogP contribution is -2.09. The number of nitrogens with zero attached hydrogens (tertiary/aromatic N) is 2. The van der Waals surface area contributed by atoms with E-state index in [0.29, 0.717) is 34.8 Å². The topological polar surface area (TPSA) is 82.8 Å². The third-order valence-electron chi connectivity index (χ3n) is 3.40. The number of benzene rings is 1. The van der Waals surface area contributed by atoms with Crippen molar-refractivity contribution >= 4 is 11.7 Å². The highest BCUT2D eigenvalue weighted by molar-refractivity contribution is 6.10. The van der Waals surface area contributed by atoms with Crippen molar-refractivity contribution in [1.82, 2.24) is 4.98 Å². The number of aliphatic imine (C=N–C) groups is 1. The van der Waals surface area contributed by atoms with Crippen LogP contribution in [0.5, 0.6) is 5.75 Å². The summed E-state index contributed by atoms with van der Waals surface area (Å²) >= 11 is 0. The molecule has 0 aliphatic carbocycles. The summed E-state index contributed by atoms with van der Waals surface area (Å²) in [6.45, 7) is 2.05. The second kappa shape index (κ2) is 4.66. The number of aromatic nitrogens is 1. The van der Waals surface area contributed by atoms with Gasteiger partial charge in [0.2, 0.25) is 0 Å². The van der Waals surface area contributed by atoms with E-state index in [2.05, 4.69) is 9.98 Å². The highest BCUT2D eigenvalue weighted by Gasteiger charge is 2.23. The first kappa shape index (κ1) is 13.2. The first-order valence-corrected chi connectivity index (χ1v) is 6.25. The SMILES string of the molecule is CC1=NCc2nc(-c3ccc(O)c(F)c3)cc(C(=O)O)c21. The van der Waals surface area contributed by atoms with Crippen LogP contribution >= 0.6 is 0 Å². The number of carbonyl (C=O) groups is 1. The van der Waals surface area contributed by atoms with Crippen molar-refractivity contribution in [2.24, 2.45) is 4.99 Å². The molecule has 2 aromatic rings. The molecule has 0 spiro atoms. The van der Waals surface area contributed by atoms with Gasteiger partial charge in [-0.15, -0.1) is 0 Å². The number of hydrogen-bond donors (Lipinski definition) is 2. The molecule has 0 radical (unpaired) electrons. The smallest absolute Gasteiger partial charge is 0.336 e. The molecule has 5 nitrogen and oxygen atoms in total. The maximum Gasteiger partial charge on any atom is 0.336 e. The lowest BCUT2D eigenvalue weighted by molar-refractivity contribution is 0.0696. The molecule has 106 valence electrons. The first-order chi connectivity index (χ1) is 9.97. The van der Waals surface area contributed by atoms with Gasteiger partial charge in [0.05, 0.1) is 23.5 Å². The molecule has 3 rings (SSSR count). The Labute approximate surface area is 119 Å². The second-order valence-electron chi connectivity index (χ2n) is 4.75. The number of phenols is 1. The summed E-state index contributed by atoms with van der Waals surface area (Å²) in [5.74, 6) is -2.32. The summed E-state index contributed by atoms with van der Waals surface area (Å²) < 4.78 is 13.4. The summed E-state index contributed by atoms with van der Waals surface area (Å²) in [7, 11) is 0. The van der Waals surface area contributed by atoms with Crippen LogP contribution in [0.4, 0.5) is 4.39 Å². The normalized spacial score (nSPS) is 13.0. The van der Waals surface area contributed by atoms with Crippen LogP contribution in [-0.2, 0) is 6.54 Å². The zero-order chi connectivity index (χ0) is 15.1. The number of carboxylic acids is 1. The molecule has 0 unspecified atom stereocenters. The molecule has 21 heavy (non-hydrogen) atoms. The van der Waals surface area contributed by atoms with E-state index < -0.39 is 17.5 Å². The van der Waals surface area contributed by atoms with Gasteiger partial charge in [0, 0.05) is 16.8 Å².